The van der Waals surface area contributed by atoms with E-state index in [0.29, 0.717) is 0 Å². The van der Waals surface area contributed by atoms with Crippen molar-refractivity contribution in [3.05, 3.63) is 59.9 Å². The summed E-state index contributed by atoms with van der Waals surface area (Å²) >= 11 is 0. The van der Waals surface area contributed by atoms with Crippen molar-refractivity contribution in [1.82, 2.24) is 9.80 Å². The fraction of sp³-hybridized carbons (Fsp3) is 0.458. The van der Waals surface area contributed by atoms with E-state index in [4.69, 9.17) is 4.74 Å². The second-order valence-electron chi connectivity index (χ2n) is 8.18. The van der Waals surface area contributed by atoms with Gasteiger partial charge in [0.15, 0.2) is 0 Å². The molecule has 2 aliphatic rings. The summed E-state index contributed by atoms with van der Waals surface area (Å²) in [6, 6.07) is 14.7. The summed E-state index contributed by atoms with van der Waals surface area (Å²) in [5.41, 5.74) is 2.19. The standard InChI is InChI=1S/C24H30FN3O2/c1-30-23-7-3-2-6-22(23)27-13-15-28(16-14-27)24(29)20-5-4-12-26(18-20)17-19-8-10-21(25)11-9-19/h2-3,6-11,20H,4-5,12-18H2,1H3/t20-/m0/s1. The predicted molar refractivity (Wildman–Crippen MR) is 116 cm³/mol. The summed E-state index contributed by atoms with van der Waals surface area (Å²) in [5.74, 6) is 0.995. The monoisotopic (exact) mass is 411 g/mol. The van der Waals surface area contributed by atoms with Gasteiger partial charge in [0.2, 0.25) is 5.91 Å². The number of hydrogen-bond donors (Lipinski definition) is 0. The lowest BCUT2D eigenvalue weighted by Gasteiger charge is -2.40. The Morgan fingerprint density at radius 1 is 1.03 bits per heavy atom. The maximum atomic E-state index is 13.2. The first-order valence-electron chi connectivity index (χ1n) is 10.8. The number of anilines is 1. The van der Waals surface area contributed by atoms with Crippen LogP contribution in [0.25, 0.3) is 0 Å². The van der Waals surface area contributed by atoms with Gasteiger partial charge in [-0.05, 0) is 49.2 Å². The highest BCUT2D eigenvalue weighted by Gasteiger charge is 2.31. The minimum atomic E-state index is -0.210. The number of piperidine rings is 1. The molecule has 0 unspecified atom stereocenters. The number of nitrogens with zero attached hydrogens (tertiary/aromatic N) is 3. The lowest BCUT2D eigenvalue weighted by Crippen LogP contribution is -2.52. The third kappa shape index (κ3) is 4.75. The molecule has 1 amide bonds. The Hall–Kier alpha value is -2.60. The molecule has 6 heteroatoms. The summed E-state index contributed by atoms with van der Waals surface area (Å²) in [6.07, 6.45) is 1.98. The molecule has 30 heavy (non-hydrogen) atoms. The van der Waals surface area contributed by atoms with Gasteiger partial charge in [-0.3, -0.25) is 9.69 Å². The van der Waals surface area contributed by atoms with Crippen LogP contribution in [0.3, 0.4) is 0 Å². The van der Waals surface area contributed by atoms with Crippen LogP contribution in [-0.2, 0) is 11.3 Å². The molecule has 2 fully saturated rings. The molecule has 0 aromatic heterocycles. The number of likely N-dealkylation sites (tertiary alicyclic amines) is 1. The minimum Gasteiger partial charge on any atom is -0.495 e. The number of hydrogen-bond acceptors (Lipinski definition) is 4. The largest absolute Gasteiger partial charge is 0.495 e. The van der Waals surface area contributed by atoms with E-state index in [1.165, 1.54) is 12.1 Å². The van der Waals surface area contributed by atoms with Gasteiger partial charge in [-0.1, -0.05) is 24.3 Å². The molecule has 0 N–H and O–H groups in total. The smallest absolute Gasteiger partial charge is 0.227 e. The lowest BCUT2D eigenvalue weighted by atomic mass is 9.95. The van der Waals surface area contributed by atoms with E-state index in [0.717, 1.165) is 75.7 Å². The van der Waals surface area contributed by atoms with Gasteiger partial charge in [0, 0.05) is 39.3 Å². The third-order valence-corrected chi connectivity index (χ3v) is 6.19. The number of piperazine rings is 1. The molecule has 4 rings (SSSR count). The van der Waals surface area contributed by atoms with E-state index >= 15 is 0 Å². The number of rotatable bonds is 5. The molecule has 2 aromatic carbocycles. The van der Waals surface area contributed by atoms with Crippen LogP contribution < -0.4 is 9.64 Å². The molecule has 0 radical (unpaired) electrons. The van der Waals surface area contributed by atoms with Crippen LogP contribution >= 0.6 is 0 Å². The zero-order valence-corrected chi connectivity index (χ0v) is 17.6. The minimum absolute atomic E-state index is 0.0528. The van der Waals surface area contributed by atoms with Crippen molar-refractivity contribution >= 4 is 11.6 Å². The average Bonchev–Trinajstić information content (AvgIpc) is 2.80. The van der Waals surface area contributed by atoms with Crippen LogP contribution in [-0.4, -0.2) is 62.1 Å². The Bertz CT molecular complexity index is 850. The molecular formula is C24H30FN3O2. The van der Waals surface area contributed by atoms with Crippen molar-refractivity contribution in [2.45, 2.75) is 19.4 Å². The van der Waals surface area contributed by atoms with E-state index in [1.54, 1.807) is 7.11 Å². The molecule has 160 valence electrons. The topological polar surface area (TPSA) is 36.0 Å². The molecule has 0 spiro atoms. The van der Waals surface area contributed by atoms with Crippen molar-refractivity contribution in [2.24, 2.45) is 5.92 Å². The van der Waals surface area contributed by atoms with Crippen LogP contribution in [0.2, 0.25) is 0 Å². The van der Waals surface area contributed by atoms with Gasteiger partial charge in [-0.25, -0.2) is 4.39 Å². The number of ether oxygens (including phenoxy) is 1. The zero-order chi connectivity index (χ0) is 20.9. The number of methoxy groups -OCH3 is 1. The van der Waals surface area contributed by atoms with Crippen molar-refractivity contribution in [1.29, 1.82) is 0 Å². The first-order chi connectivity index (χ1) is 14.6. The van der Waals surface area contributed by atoms with Gasteiger partial charge in [0.05, 0.1) is 18.7 Å². The molecule has 2 heterocycles. The normalized spacial score (nSPS) is 20.3. The molecule has 5 nitrogen and oxygen atoms in total. The summed E-state index contributed by atoms with van der Waals surface area (Å²) in [5, 5.41) is 0. The van der Waals surface area contributed by atoms with Crippen molar-refractivity contribution in [3.63, 3.8) is 0 Å². The Labute approximate surface area is 178 Å². The predicted octanol–water partition coefficient (Wildman–Crippen LogP) is 3.40. The second kappa shape index (κ2) is 9.47. The van der Waals surface area contributed by atoms with E-state index in [9.17, 15) is 9.18 Å². The Morgan fingerprint density at radius 2 is 1.77 bits per heavy atom. The molecular weight excluding hydrogens is 381 g/mol. The van der Waals surface area contributed by atoms with Crippen LogP contribution in [0.1, 0.15) is 18.4 Å². The highest BCUT2D eigenvalue weighted by atomic mass is 19.1. The fourth-order valence-corrected chi connectivity index (χ4v) is 4.57. The van der Waals surface area contributed by atoms with Crippen molar-refractivity contribution in [2.75, 3.05) is 51.3 Å². The van der Waals surface area contributed by atoms with Gasteiger partial charge in [0.25, 0.3) is 0 Å². The molecule has 0 saturated carbocycles. The quantitative estimate of drug-likeness (QED) is 0.756. The fourth-order valence-electron chi connectivity index (χ4n) is 4.57. The maximum absolute atomic E-state index is 13.2. The SMILES string of the molecule is COc1ccccc1N1CCN(C(=O)[C@H]2CCCN(Cc3ccc(F)cc3)C2)CC1. The molecule has 2 aromatic rings. The zero-order valence-electron chi connectivity index (χ0n) is 17.6. The third-order valence-electron chi connectivity index (χ3n) is 6.19. The Kier molecular flexibility index (Phi) is 6.53. The first-order valence-corrected chi connectivity index (χ1v) is 10.8. The number of amides is 1. The molecule has 0 aliphatic carbocycles. The summed E-state index contributed by atoms with van der Waals surface area (Å²) in [6.45, 7) is 5.66. The number of para-hydroxylation sites is 2. The Morgan fingerprint density at radius 3 is 2.50 bits per heavy atom. The van der Waals surface area contributed by atoms with Gasteiger partial charge in [-0.2, -0.15) is 0 Å². The highest BCUT2D eigenvalue weighted by Crippen LogP contribution is 2.29. The van der Waals surface area contributed by atoms with Crippen molar-refractivity contribution in [3.8, 4) is 5.75 Å². The van der Waals surface area contributed by atoms with Crippen LogP contribution in [0.4, 0.5) is 10.1 Å². The van der Waals surface area contributed by atoms with Crippen LogP contribution in [0, 0.1) is 11.7 Å². The molecule has 2 saturated heterocycles. The van der Waals surface area contributed by atoms with Crippen LogP contribution in [0.15, 0.2) is 48.5 Å². The molecule has 2 aliphatic heterocycles. The maximum Gasteiger partial charge on any atom is 0.227 e. The van der Waals surface area contributed by atoms with Gasteiger partial charge >= 0.3 is 0 Å². The summed E-state index contributed by atoms with van der Waals surface area (Å²) < 4.78 is 18.6. The Balaban J connectivity index is 1.32. The molecule has 1 atom stereocenters. The number of benzene rings is 2. The number of carbonyl (C=O) groups excluding carboxylic acids is 1. The number of carbonyl (C=O) groups is 1. The first kappa shape index (κ1) is 20.7. The van der Waals surface area contributed by atoms with Crippen LogP contribution in [0.5, 0.6) is 5.75 Å². The number of halogens is 1. The van der Waals surface area contributed by atoms with Gasteiger partial charge < -0.3 is 14.5 Å². The molecule has 0 bridgehead atoms. The summed E-state index contributed by atoms with van der Waals surface area (Å²) in [4.78, 5) is 19.8. The lowest BCUT2D eigenvalue weighted by molar-refractivity contribution is -0.137. The summed E-state index contributed by atoms with van der Waals surface area (Å²) in [7, 11) is 1.69. The van der Waals surface area contributed by atoms with E-state index in [-0.39, 0.29) is 17.6 Å². The second-order valence-corrected chi connectivity index (χ2v) is 8.18. The van der Waals surface area contributed by atoms with Gasteiger partial charge in [-0.15, -0.1) is 0 Å². The van der Waals surface area contributed by atoms with Crippen molar-refractivity contribution < 1.29 is 13.9 Å². The van der Waals surface area contributed by atoms with E-state index in [1.807, 2.05) is 35.2 Å². The van der Waals surface area contributed by atoms with E-state index in [2.05, 4.69) is 15.9 Å². The average molecular weight is 412 g/mol. The van der Waals surface area contributed by atoms with E-state index < -0.39 is 0 Å². The van der Waals surface area contributed by atoms with Gasteiger partial charge in [0.1, 0.15) is 11.6 Å². The highest BCUT2D eigenvalue weighted by molar-refractivity contribution is 5.79.